The van der Waals surface area contributed by atoms with Gasteiger partial charge in [-0.05, 0) is 32.1 Å². The van der Waals surface area contributed by atoms with Crippen LogP contribution in [0.1, 0.15) is 96.8 Å². The van der Waals surface area contributed by atoms with Crippen molar-refractivity contribution in [1.29, 1.82) is 0 Å². The third-order valence-electron chi connectivity index (χ3n) is 4.54. The SMILES string of the molecule is CCCCCCCC/C=C/CCCCCCCC(=O)O[C@H](CF)COP(=O)(O)O. The summed E-state index contributed by atoms with van der Waals surface area (Å²) in [7, 11) is -4.69. The number of carbonyl (C=O) groups excluding carboxylic acids is 1. The van der Waals surface area contributed by atoms with Gasteiger partial charge < -0.3 is 14.5 Å². The van der Waals surface area contributed by atoms with E-state index in [-0.39, 0.29) is 6.42 Å². The Morgan fingerprint density at radius 3 is 1.97 bits per heavy atom. The number of halogens is 1. The number of carbonyl (C=O) groups is 1. The molecule has 1 atom stereocenters. The number of phosphoric ester groups is 1. The maximum Gasteiger partial charge on any atom is 0.469 e. The fourth-order valence-corrected chi connectivity index (χ4v) is 3.24. The molecule has 0 saturated heterocycles. The summed E-state index contributed by atoms with van der Waals surface area (Å²) in [5.41, 5.74) is 0. The summed E-state index contributed by atoms with van der Waals surface area (Å²) in [5, 5.41) is 0. The van der Waals surface area contributed by atoms with Gasteiger partial charge in [0.1, 0.15) is 6.67 Å². The van der Waals surface area contributed by atoms with Gasteiger partial charge in [0.25, 0.3) is 0 Å². The predicted octanol–water partition coefficient (Wildman–Crippen LogP) is 6.01. The highest BCUT2D eigenvalue weighted by Crippen LogP contribution is 2.35. The highest BCUT2D eigenvalue weighted by molar-refractivity contribution is 7.46. The number of alkyl halides is 1. The Morgan fingerprint density at radius 2 is 1.45 bits per heavy atom. The molecule has 0 bridgehead atoms. The van der Waals surface area contributed by atoms with E-state index in [1.54, 1.807) is 0 Å². The standard InChI is InChI=1S/C21H40FO6P/c1-2-3-4-5-6-7-8-9-10-11-12-13-14-15-16-17-21(23)28-20(18-22)19-27-29(24,25)26/h9-10,20H,2-8,11-19H2,1H3,(H2,24,25,26)/b10-9+/t20-/m1/s1. The molecule has 172 valence electrons. The van der Waals surface area contributed by atoms with Gasteiger partial charge in [0.15, 0.2) is 6.10 Å². The van der Waals surface area contributed by atoms with E-state index in [2.05, 4.69) is 23.6 Å². The monoisotopic (exact) mass is 438 g/mol. The van der Waals surface area contributed by atoms with Gasteiger partial charge in [0.2, 0.25) is 0 Å². The lowest BCUT2D eigenvalue weighted by molar-refractivity contribution is -0.152. The van der Waals surface area contributed by atoms with Crippen molar-refractivity contribution < 1.29 is 32.8 Å². The number of esters is 1. The van der Waals surface area contributed by atoms with Gasteiger partial charge in [-0.2, -0.15) is 0 Å². The van der Waals surface area contributed by atoms with Crippen LogP contribution >= 0.6 is 7.82 Å². The normalized spacial score (nSPS) is 13.1. The van der Waals surface area contributed by atoms with E-state index in [9.17, 15) is 13.8 Å². The number of rotatable bonds is 20. The fraction of sp³-hybridized carbons (Fsp3) is 0.857. The van der Waals surface area contributed by atoms with Crippen LogP contribution in [0.2, 0.25) is 0 Å². The summed E-state index contributed by atoms with van der Waals surface area (Å²) in [6.45, 7) is 0.536. The largest absolute Gasteiger partial charge is 0.469 e. The lowest BCUT2D eigenvalue weighted by Gasteiger charge is -2.15. The van der Waals surface area contributed by atoms with Crippen molar-refractivity contribution >= 4 is 13.8 Å². The number of hydrogen-bond acceptors (Lipinski definition) is 4. The van der Waals surface area contributed by atoms with Crippen molar-refractivity contribution in [2.75, 3.05) is 13.3 Å². The Bertz CT molecular complexity index is 466. The highest BCUT2D eigenvalue weighted by Gasteiger charge is 2.21. The van der Waals surface area contributed by atoms with Gasteiger partial charge >= 0.3 is 13.8 Å². The molecular formula is C21H40FO6P. The summed E-state index contributed by atoms with van der Waals surface area (Å²) in [4.78, 5) is 28.8. The second-order valence-corrected chi connectivity index (χ2v) is 8.63. The molecule has 0 aliphatic carbocycles. The Morgan fingerprint density at radius 1 is 0.931 bits per heavy atom. The summed E-state index contributed by atoms with van der Waals surface area (Å²) >= 11 is 0. The molecule has 29 heavy (non-hydrogen) atoms. The van der Waals surface area contributed by atoms with Crippen molar-refractivity contribution in [3.8, 4) is 0 Å². The van der Waals surface area contributed by atoms with Crippen LogP contribution in [0.3, 0.4) is 0 Å². The van der Waals surface area contributed by atoms with Crippen LogP contribution in [-0.2, 0) is 18.6 Å². The van der Waals surface area contributed by atoms with Gasteiger partial charge in [0, 0.05) is 6.42 Å². The van der Waals surface area contributed by atoms with Crippen LogP contribution in [0.15, 0.2) is 12.2 Å². The molecule has 0 amide bonds. The predicted molar refractivity (Wildman–Crippen MR) is 113 cm³/mol. The topological polar surface area (TPSA) is 93.1 Å². The van der Waals surface area contributed by atoms with Crippen LogP contribution in [-0.4, -0.2) is 35.1 Å². The second-order valence-electron chi connectivity index (χ2n) is 7.39. The maximum absolute atomic E-state index is 12.7. The number of allylic oxidation sites excluding steroid dienone is 2. The Balaban J connectivity index is 3.49. The molecule has 0 fully saturated rings. The first-order valence-electron chi connectivity index (χ1n) is 11.0. The van der Waals surface area contributed by atoms with E-state index in [1.807, 2.05) is 0 Å². The van der Waals surface area contributed by atoms with Crippen LogP contribution < -0.4 is 0 Å². The molecule has 0 aliphatic rings. The second kappa shape index (κ2) is 19.2. The van der Waals surface area contributed by atoms with Crippen molar-refractivity contribution in [3.63, 3.8) is 0 Å². The van der Waals surface area contributed by atoms with E-state index in [0.717, 1.165) is 32.1 Å². The number of phosphoric acid groups is 1. The first kappa shape index (κ1) is 28.2. The summed E-state index contributed by atoms with van der Waals surface area (Å²) in [6, 6.07) is 0. The molecule has 0 unspecified atom stereocenters. The summed E-state index contributed by atoms with van der Waals surface area (Å²) in [5.74, 6) is -0.570. The van der Waals surface area contributed by atoms with Crippen molar-refractivity contribution in [1.82, 2.24) is 0 Å². The zero-order valence-electron chi connectivity index (χ0n) is 17.9. The molecule has 0 spiro atoms. The smallest absolute Gasteiger partial charge is 0.457 e. The molecule has 8 heteroatoms. The zero-order valence-corrected chi connectivity index (χ0v) is 18.8. The Kier molecular flexibility index (Phi) is 18.7. The quantitative estimate of drug-likeness (QED) is 0.105. The lowest BCUT2D eigenvalue weighted by atomic mass is 10.1. The van der Waals surface area contributed by atoms with Crippen LogP contribution in [0, 0.1) is 0 Å². The number of unbranched alkanes of at least 4 members (excludes halogenated alkanes) is 11. The molecule has 0 aliphatic heterocycles. The minimum absolute atomic E-state index is 0.171. The fourth-order valence-electron chi connectivity index (χ4n) is 2.88. The average Bonchev–Trinajstić information content (AvgIpc) is 2.67. The first-order chi connectivity index (χ1) is 13.9. The van der Waals surface area contributed by atoms with Crippen LogP contribution in [0.25, 0.3) is 0 Å². The first-order valence-corrected chi connectivity index (χ1v) is 12.5. The van der Waals surface area contributed by atoms with Crippen molar-refractivity contribution in [2.45, 2.75) is 103 Å². The Hall–Kier alpha value is -0.750. The maximum atomic E-state index is 12.7. The van der Waals surface area contributed by atoms with Crippen molar-refractivity contribution in [2.24, 2.45) is 0 Å². The van der Waals surface area contributed by atoms with E-state index in [0.29, 0.717) is 6.42 Å². The van der Waals surface area contributed by atoms with Crippen LogP contribution in [0.4, 0.5) is 4.39 Å². The van der Waals surface area contributed by atoms with Crippen molar-refractivity contribution in [3.05, 3.63) is 12.2 Å². The van der Waals surface area contributed by atoms with E-state index >= 15 is 0 Å². The van der Waals surface area contributed by atoms with Gasteiger partial charge in [-0.1, -0.05) is 70.4 Å². The summed E-state index contributed by atoms with van der Waals surface area (Å²) < 4.78 is 32.3. The van der Waals surface area contributed by atoms with Gasteiger partial charge in [-0.25, -0.2) is 8.96 Å². The summed E-state index contributed by atoms with van der Waals surface area (Å²) in [6.07, 6.45) is 18.5. The zero-order chi connectivity index (χ0) is 21.8. The molecule has 0 aromatic heterocycles. The van der Waals surface area contributed by atoms with E-state index in [4.69, 9.17) is 14.5 Å². The molecular weight excluding hydrogens is 398 g/mol. The minimum Gasteiger partial charge on any atom is -0.457 e. The highest BCUT2D eigenvalue weighted by atomic mass is 31.2. The molecule has 0 heterocycles. The third kappa shape index (κ3) is 21.8. The van der Waals surface area contributed by atoms with Gasteiger partial charge in [-0.3, -0.25) is 9.32 Å². The van der Waals surface area contributed by atoms with Crippen LogP contribution in [0.5, 0.6) is 0 Å². The minimum atomic E-state index is -4.69. The van der Waals surface area contributed by atoms with Gasteiger partial charge in [0.05, 0.1) is 6.61 Å². The number of ether oxygens (including phenoxy) is 1. The number of hydrogen-bond donors (Lipinski definition) is 2. The lowest BCUT2D eigenvalue weighted by Crippen LogP contribution is -2.25. The molecule has 2 N–H and O–H groups in total. The molecule has 0 aromatic carbocycles. The van der Waals surface area contributed by atoms with E-state index < -0.39 is 33.2 Å². The molecule has 0 saturated carbocycles. The van der Waals surface area contributed by atoms with E-state index in [1.165, 1.54) is 44.9 Å². The molecule has 6 nitrogen and oxygen atoms in total. The molecule has 0 aromatic rings. The van der Waals surface area contributed by atoms with Gasteiger partial charge in [-0.15, -0.1) is 0 Å². The molecule has 0 rings (SSSR count). The molecule has 0 radical (unpaired) electrons. The third-order valence-corrected chi connectivity index (χ3v) is 5.03. The Labute approximate surface area is 175 Å². The average molecular weight is 439 g/mol.